The van der Waals surface area contributed by atoms with Gasteiger partial charge in [0, 0.05) is 12.5 Å². The predicted molar refractivity (Wildman–Crippen MR) is 54.7 cm³/mol. The van der Waals surface area contributed by atoms with Crippen molar-refractivity contribution in [2.45, 2.75) is 47.1 Å². The molecule has 1 atom stereocenters. The summed E-state index contributed by atoms with van der Waals surface area (Å²) in [5.74, 6) is 0.916. The fraction of sp³-hybridized carbons (Fsp3) is 0.909. The summed E-state index contributed by atoms with van der Waals surface area (Å²) in [5, 5.41) is 0. The zero-order valence-electron chi connectivity index (χ0n) is 9.46. The highest BCUT2D eigenvalue weighted by atomic mass is 16.5. The van der Waals surface area contributed by atoms with Crippen LogP contribution in [0.25, 0.3) is 0 Å². The van der Waals surface area contributed by atoms with Crippen LogP contribution in [0.1, 0.15) is 41.0 Å². The summed E-state index contributed by atoms with van der Waals surface area (Å²) in [7, 11) is 0. The van der Waals surface area contributed by atoms with Crippen LogP contribution in [-0.2, 0) is 9.53 Å². The maximum atomic E-state index is 11.4. The van der Waals surface area contributed by atoms with Gasteiger partial charge in [-0.2, -0.15) is 0 Å². The molecular weight excluding hydrogens is 164 g/mol. The third-order valence-corrected chi connectivity index (χ3v) is 2.03. The summed E-state index contributed by atoms with van der Waals surface area (Å²) >= 11 is 0. The lowest BCUT2D eigenvalue weighted by molar-refractivity contribution is -0.132. The molecule has 0 rings (SSSR count). The van der Waals surface area contributed by atoms with E-state index in [1.807, 2.05) is 20.8 Å². The molecule has 13 heavy (non-hydrogen) atoms. The van der Waals surface area contributed by atoms with Crippen LogP contribution in [0, 0.1) is 11.8 Å². The fourth-order valence-electron chi connectivity index (χ4n) is 1.03. The molecule has 78 valence electrons. The second-order valence-electron chi connectivity index (χ2n) is 4.25. The third-order valence-electron chi connectivity index (χ3n) is 2.03. The smallest absolute Gasteiger partial charge is 0.163 e. The molecule has 0 spiro atoms. The van der Waals surface area contributed by atoms with Crippen LogP contribution in [0.5, 0.6) is 0 Å². The summed E-state index contributed by atoms with van der Waals surface area (Å²) in [6, 6.07) is 0. The number of hydrogen-bond donors (Lipinski definition) is 0. The van der Waals surface area contributed by atoms with Crippen molar-refractivity contribution in [2.75, 3.05) is 6.61 Å². The molecule has 0 saturated heterocycles. The van der Waals surface area contributed by atoms with Crippen molar-refractivity contribution >= 4 is 5.78 Å². The molecule has 0 aromatic heterocycles. The van der Waals surface area contributed by atoms with Crippen molar-refractivity contribution in [3.8, 4) is 0 Å². The zero-order chi connectivity index (χ0) is 10.4. The van der Waals surface area contributed by atoms with Gasteiger partial charge in [-0.25, -0.2) is 0 Å². The molecule has 0 unspecified atom stereocenters. The lowest BCUT2D eigenvalue weighted by Crippen LogP contribution is -2.25. The average molecular weight is 186 g/mol. The topological polar surface area (TPSA) is 26.3 Å². The number of ketones is 1. The fourth-order valence-corrected chi connectivity index (χ4v) is 1.03. The number of Topliss-reactive ketones (excluding diaryl/α,β-unsaturated/α-hetero) is 1. The van der Waals surface area contributed by atoms with Crippen LogP contribution in [-0.4, -0.2) is 18.5 Å². The van der Waals surface area contributed by atoms with Crippen molar-refractivity contribution in [2.24, 2.45) is 11.8 Å². The minimum Gasteiger partial charge on any atom is -0.371 e. The van der Waals surface area contributed by atoms with E-state index < -0.39 is 0 Å². The average Bonchev–Trinajstić information content (AvgIpc) is 2.02. The number of carbonyl (C=O) groups excluding carboxylic acids is 1. The summed E-state index contributed by atoms with van der Waals surface area (Å²) < 4.78 is 5.43. The highest BCUT2D eigenvalue weighted by Gasteiger charge is 2.16. The van der Waals surface area contributed by atoms with Gasteiger partial charge in [0.1, 0.15) is 6.10 Å². The molecule has 0 N–H and O–H groups in total. The van der Waals surface area contributed by atoms with Gasteiger partial charge in [0.25, 0.3) is 0 Å². The number of rotatable bonds is 6. The molecule has 0 amide bonds. The first-order valence-electron chi connectivity index (χ1n) is 5.10. The largest absolute Gasteiger partial charge is 0.371 e. The summed E-state index contributed by atoms with van der Waals surface area (Å²) in [4.78, 5) is 11.4. The molecule has 0 aromatic carbocycles. The van der Waals surface area contributed by atoms with Crippen molar-refractivity contribution in [3.05, 3.63) is 0 Å². The molecule has 0 radical (unpaired) electrons. The summed E-state index contributed by atoms with van der Waals surface area (Å²) in [6.45, 7) is 10.6. The molecule has 0 aliphatic carbocycles. The predicted octanol–water partition coefficient (Wildman–Crippen LogP) is 2.66. The molecule has 0 aromatic rings. The standard InChI is InChI=1S/C11H22O2/c1-8(2)6-7-13-10(5)11(12)9(3)4/h8-10H,6-7H2,1-5H3/t10-/m0/s1. The highest BCUT2D eigenvalue weighted by Crippen LogP contribution is 2.05. The normalized spacial score (nSPS) is 13.8. The first-order valence-corrected chi connectivity index (χ1v) is 5.10. The van der Waals surface area contributed by atoms with Gasteiger partial charge >= 0.3 is 0 Å². The second-order valence-corrected chi connectivity index (χ2v) is 4.25. The van der Waals surface area contributed by atoms with Crippen molar-refractivity contribution in [3.63, 3.8) is 0 Å². The van der Waals surface area contributed by atoms with E-state index in [0.29, 0.717) is 12.5 Å². The Balaban J connectivity index is 3.62. The Bertz CT molecular complexity index is 150. The van der Waals surface area contributed by atoms with E-state index >= 15 is 0 Å². The van der Waals surface area contributed by atoms with Crippen LogP contribution in [0.2, 0.25) is 0 Å². The van der Waals surface area contributed by atoms with Gasteiger partial charge in [-0.1, -0.05) is 27.7 Å². The Kier molecular flexibility index (Phi) is 5.97. The first-order chi connectivity index (χ1) is 5.95. The first kappa shape index (κ1) is 12.6. The number of hydrogen-bond acceptors (Lipinski definition) is 2. The quantitative estimate of drug-likeness (QED) is 0.637. The number of carbonyl (C=O) groups is 1. The minimum absolute atomic E-state index is 0.0778. The third kappa shape index (κ3) is 5.81. The monoisotopic (exact) mass is 186 g/mol. The lowest BCUT2D eigenvalue weighted by Gasteiger charge is -2.14. The van der Waals surface area contributed by atoms with Crippen molar-refractivity contribution in [1.82, 2.24) is 0 Å². The van der Waals surface area contributed by atoms with Gasteiger partial charge in [0.05, 0.1) is 0 Å². The van der Waals surface area contributed by atoms with E-state index in [1.54, 1.807) is 0 Å². The molecule has 0 aliphatic rings. The van der Waals surface area contributed by atoms with Gasteiger partial charge in [0.2, 0.25) is 0 Å². The van der Waals surface area contributed by atoms with E-state index in [1.165, 1.54) is 0 Å². The molecule has 0 aliphatic heterocycles. The number of ether oxygens (including phenoxy) is 1. The van der Waals surface area contributed by atoms with E-state index in [2.05, 4.69) is 13.8 Å². The molecular formula is C11H22O2. The SMILES string of the molecule is CC(C)CCO[C@@H](C)C(=O)C(C)C. The van der Waals surface area contributed by atoms with E-state index in [9.17, 15) is 4.79 Å². The van der Waals surface area contributed by atoms with Crippen LogP contribution in [0.4, 0.5) is 0 Å². The van der Waals surface area contributed by atoms with Crippen molar-refractivity contribution in [1.29, 1.82) is 0 Å². The van der Waals surface area contributed by atoms with E-state index in [4.69, 9.17) is 4.74 Å². The van der Waals surface area contributed by atoms with Gasteiger partial charge in [-0.15, -0.1) is 0 Å². The zero-order valence-corrected chi connectivity index (χ0v) is 9.46. The molecule has 2 nitrogen and oxygen atoms in total. The maximum Gasteiger partial charge on any atom is 0.163 e. The molecule has 0 bridgehead atoms. The van der Waals surface area contributed by atoms with Gasteiger partial charge in [0.15, 0.2) is 5.78 Å². The Morgan fingerprint density at radius 1 is 1.15 bits per heavy atom. The lowest BCUT2D eigenvalue weighted by atomic mass is 10.1. The summed E-state index contributed by atoms with van der Waals surface area (Å²) in [5.41, 5.74) is 0. The van der Waals surface area contributed by atoms with Gasteiger partial charge in [-0.3, -0.25) is 4.79 Å². The van der Waals surface area contributed by atoms with Gasteiger partial charge in [-0.05, 0) is 19.3 Å². The van der Waals surface area contributed by atoms with Crippen LogP contribution < -0.4 is 0 Å². The Morgan fingerprint density at radius 2 is 1.69 bits per heavy atom. The van der Waals surface area contributed by atoms with Crippen LogP contribution >= 0.6 is 0 Å². The summed E-state index contributed by atoms with van der Waals surface area (Å²) in [6.07, 6.45) is 0.786. The minimum atomic E-state index is -0.237. The Morgan fingerprint density at radius 3 is 2.08 bits per heavy atom. The molecule has 0 heterocycles. The second kappa shape index (κ2) is 6.14. The molecule has 0 fully saturated rings. The van der Waals surface area contributed by atoms with Gasteiger partial charge < -0.3 is 4.74 Å². The van der Waals surface area contributed by atoms with E-state index in [0.717, 1.165) is 6.42 Å². The van der Waals surface area contributed by atoms with Crippen LogP contribution in [0.15, 0.2) is 0 Å². The Hall–Kier alpha value is -0.370. The Labute approximate surface area is 81.7 Å². The molecule has 2 heteroatoms. The maximum absolute atomic E-state index is 11.4. The van der Waals surface area contributed by atoms with Crippen LogP contribution in [0.3, 0.4) is 0 Å². The van der Waals surface area contributed by atoms with Crippen molar-refractivity contribution < 1.29 is 9.53 Å². The molecule has 0 saturated carbocycles. The highest BCUT2D eigenvalue weighted by molar-refractivity contribution is 5.84. The van der Waals surface area contributed by atoms with E-state index in [-0.39, 0.29) is 17.8 Å².